The van der Waals surface area contributed by atoms with E-state index in [-0.39, 0.29) is 13.0 Å². The molecule has 0 aliphatic rings. The van der Waals surface area contributed by atoms with E-state index in [0.29, 0.717) is 0 Å². The zero-order valence-electron chi connectivity index (χ0n) is 10.1. The van der Waals surface area contributed by atoms with Crippen molar-refractivity contribution in [2.75, 3.05) is 13.7 Å². The minimum atomic E-state index is -1.11. The lowest BCUT2D eigenvalue weighted by Crippen LogP contribution is -2.44. The first kappa shape index (κ1) is 14.7. The summed E-state index contributed by atoms with van der Waals surface area (Å²) in [6, 6.07) is -0.991. The van der Waals surface area contributed by atoms with Crippen LogP contribution in [-0.4, -0.2) is 42.5 Å². The first-order valence-electron chi connectivity index (χ1n) is 4.97. The Kier molecular flexibility index (Phi) is 5.81. The van der Waals surface area contributed by atoms with Crippen molar-refractivity contribution in [2.45, 2.75) is 38.8 Å². The van der Waals surface area contributed by atoms with Crippen LogP contribution in [0.1, 0.15) is 27.2 Å². The molecule has 0 aliphatic heterocycles. The molecule has 6 heteroatoms. The summed E-state index contributed by atoms with van der Waals surface area (Å²) in [7, 11) is 1.46. The van der Waals surface area contributed by atoms with E-state index in [1.165, 1.54) is 7.11 Å². The molecule has 0 saturated carbocycles. The van der Waals surface area contributed by atoms with Gasteiger partial charge >= 0.3 is 12.1 Å². The van der Waals surface area contributed by atoms with E-state index in [1.54, 1.807) is 20.8 Å². The molecule has 0 bridgehead atoms. The Labute approximate surface area is 94.9 Å². The van der Waals surface area contributed by atoms with Gasteiger partial charge in [-0.05, 0) is 20.8 Å². The summed E-state index contributed by atoms with van der Waals surface area (Å²) in [6.07, 6.45) is -0.540. The molecule has 0 aromatic carbocycles. The van der Waals surface area contributed by atoms with Crippen molar-refractivity contribution < 1.29 is 24.2 Å². The van der Waals surface area contributed by atoms with Crippen LogP contribution >= 0.6 is 0 Å². The molecule has 0 heterocycles. The Morgan fingerprint density at radius 1 is 1.38 bits per heavy atom. The van der Waals surface area contributed by atoms with Crippen molar-refractivity contribution in [1.29, 1.82) is 0 Å². The normalized spacial score (nSPS) is 13.0. The standard InChI is InChI=1S/C10H19NO5/c1-10(2,3)16-9(14)11-7(8(12)13)5-6-15-4/h7H,5-6H2,1-4H3,(H,11,14)(H,12,13)/t7-/m1/s1. The molecule has 0 fully saturated rings. The second kappa shape index (κ2) is 6.32. The minimum Gasteiger partial charge on any atom is -0.480 e. The Balaban J connectivity index is 4.19. The van der Waals surface area contributed by atoms with E-state index in [4.69, 9.17) is 14.6 Å². The molecule has 0 aromatic heterocycles. The lowest BCUT2D eigenvalue weighted by molar-refractivity contribution is -0.140. The average molecular weight is 233 g/mol. The summed E-state index contributed by atoms with van der Waals surface area (Å²) in [5, 5.41) is 11.1. The second-order valence-electron chi connectivity index (χ2n) is 4.32. The Bertz CT molecular complexity index is 246. The molecular formula is C10H19NO5. The van der Waals surface area contributed by atoms with Crippen molar-refractivity contribution in [3.63, 3.8) is 0 Å². The summed E-state index contributed by atoms with van der Waals surface area (Å²) < 4.78 is 9.69. The van der Waals surface area contributed by atoms with Crippen LogP contribution in [0.4, 0.5) is 4.79 Å². The first-order chi connectivity index (χ1) is 7.26. The number of carbonyl (C=O) groups excluding carboxylic acids is 1. The number of rotatable bonds is 5. The highest BCUT2D eigenvalue weighted by Gasteiger charge is 2.23. The fourth-order valence-electron chi connectivity index (χ4n) is 0.943. The van der Waals surface area contributed by atoms with Gasteiger partial charge in [0.25, 0.3) is 0 Å². The topological polar surface area (TPSA) is 84.9 Å². The number of ether oxygens (including phenoxy) is 2. The van der Waals surface area contributed by atoms with Crippen molar-refractivity contribution in [2.24, 2.45) is 0 Å². The van der Waals surface area contributed by atoms with Gasteiger partial charge in [-0.1, -0.05) is 0 Å². The van der Waals surface area contributed by atoms with Crippen molar-refractivity contribution in [3.8, 4) is 0 Å². The van der Waals surface area contributed by atoms with Crippen LogP contribution in [-0.2, 0) is 14.3 Å². The van der Waals surface area contributed by atoms with Gasteiger partial charge in [0, 0.05) is 20.1 Å². The Morgan fingerprint density at radius 2 is 1.94 bits per heavy atom. The van der Waals surface area contributed by atoms with E-state index in [9.17, 15) is 9.59 Å². The van der Waals surface area contributed by atoms with Gasteiger partial charge in [-0.25, -0.2) is 9.59 Å². The number of hydrogen-bond donors (Lipinski definition) is 2. The molecule has 1 atom stereocenters. The second-order valence-corrected chi connectivity index (χ2v) is 4.32. The van der Waals surface area contributed by atoms with Crippen molar-refractivity contribution in [1.82, 2.24) is 5.32 Å². The largest absolute Gasteiger partial charge is 0.480 e. The highest BCUT2D eigenvalue weighted by molar-refractivity contribution is 5.79. The molecule has 94 valence electrons. The van der Waals surface area contributed by atoms with E-state index in [1.807, 2.05) is 0 Å². The monoisotopic (exact) mass is 233 g/mol. The number of carbonyl (C=O) groups is 2. The van der Waals surface area contributed by atoms with Gasteiger partial charge in [-0.2, -0.15) is 0 Å². The van der Waals surface area contributed by atoms with Crippen LogP contribution in [0, 0.1) is 0 Å². The van der Waals surface area contributed by atoms with Gasteiger partial charge < -0.3 is 19.9 Å². The maximum Gasteiger partial charge on any atom is 0.408 e. The Morgan fingerprint density at radius 3 is 2.31 bits per heavy atom. The fourth-order valence-corrected chi connectivity index (χ4v) is 0.943. The van der Waals surface area contributed by atoms with Crippen molar-refractivity contribution in [3.05, 3.63) is 0 Å². The molecule has 0 radical (unpaired) electrons. The third-order valence-electron chi connectivity index (χ3n) is 1.60. The zero-order valence-corrected chi connectivity index (χ0v) is 10.1. The van der Waals surface area contributed by atoms with Gasteiger partial charge in [-0.15, -0.1) is 0 Å². The summed E-state index contributed by atoms with van der Waals surface area (Å²) in [5.74, 6) is -1.11. The lowest BCUT2D eigenvalue weighted by Gasteiger charge is -2.21. The number of carboxylic acids is 1. The average Bonchev–Trinajstić information content (AvgIpc) is 2.08. The molecule has 6 nitrogen and oxygen atoms in total. The number of amides is 1. The lowest BCUT2D eigenvalue weighted by atomic mass is 10.2. The molecule has 0 saturated heterocycles. The van der Waals surface area contributed by atoms with Crippen LogP contribution in [0.5, 0.6) is 0 Å². The zero-order chi connectivity index (χ0) is 12.8. The SMILES string of the molecule is COCC[C@@H](NC(=O)OC(C)(C)C)C(=O)O. The van der Waals surface area contributed by atoms with Crippen LogP contribution in [0.3, 0.4) is 0 Å². The predicted octanol–water partition coefficient (Wildman–Crippen LogP) is 1.00. The number of alkyl carbamates (subject to hydrolysis) is 1. The molecule has 0 aromatic rings. The van der Waals surface area contributed by atoms with Crippen LogP contribution < -0.4 is 5.32 Å². The highest BCUT2D eigenvalue weighted by atomic mass is 16.6. The number of nitrogens with one attached hydrogen (secondary N) is 1. The third-order valence-corrected chi connectivity index (χ3v) is 1.60. The maximum atomic E-state index is 11.3. The summed E-state index contributed by atoms with van der Waals surface area (Å²) >= 11 is 0. The number of carboxylic acid groups (broad SMARTS) is 1. The highest BCUT2D eigenvalue weighted by Crippen LogP contribution is 2.07. The fraction of sp³-hybridized carbons (Fsp3) is 0.800. The molecule has 1 amide bonds. The van der Waals surface area contributed by atoms with Crippen LogP contribution in [0.25, 0.3) is 0 Å². The summed E-state index contributed by atoms with van der Waals surface area (Å²) in [5.41, 5.74) is -0.644. The summed E-state index contributed by atoms with van der Waals surface area (Å²) in [4.78, 5) is 22.1. The molecule has 0 aliphatic carbocycles. The van der Waals surface area contributed by atoms with E-state index in [2.05, 4.69) is 5.32 Å². The molecule has 0 spiro atoms. The molecule has 2 N–H and O–H groups in total. The third kappa shape index (κ3) is 7.05. The van der Waals surface area contributed by atoms with E-state index >= 15 is 0 Å². The number of methoxy groups -OCH3 is 1. The van der Waals surface area contributed by atoms with Gasteiger partial charge in [0.15, 0.2) is 0 Å². The van der Waals surface area contributed by atoms with E-state index < -0.39 is 23.7 Å². The van der Waals surface area contributed by atoms with Crippen LogP contribution in [0.2, 0.25) is 0 Å². The maximum absolute atomic E-state index is 11.3. The molecule has 0 rings (SSSR count). The molecular weight excluding hydrogens is 214 g/mol. The van der Waals surface area contributed by atoms with Crippen molar-refractivity contribution >= 4 is 12.1 Å². The predicted molar refractivity (Wildman–Crippen MR) is 57.3 cm³/mol. The molecule has 0 unspecified atom stereocenters. The first-order valence-corrected chi connectivity index (χ1v) is 4.97. The molecule has 16 heavy (non-hydrogen) atoms. The summed E-state index contributed by atoms with van der Waals surface area (Å²) in [6.45, 7) is 5.37. The van der Waals surface area contributed by atoms with Gasteiger partial charge in [-0.3, -0.25) is 0 Å². The smallest absolute Gasteiger partial charge is 0.408 e. The number of aliphatic carboxylic acids is 1. The van der Waals surface area contributed by atoms with Gasteiger partial charge in [0.1, 0.15) is 11.6 Å². The van der Waals surface area contributed by atoms with Gasteiger partial charge in [0.05, 0.1) is 0 Å². The Hall–Kier alpha value is -1.30. The van der Waals surface area contributed by atoms with Crippen LogP contribution in [0.15, 0.2) is 0 Å². The minimum absolute atomic E-state index is 0.199. The number of hydrogen-bond acceptors (Lipinski definition) is 4. The van der Waals surface area contributed by atoms with E-state index in [0.717, 1.165) is 0 Å². The van der Waals surface area contributed by atoms with Gasteiger partial charge in [0.2, 0.25) is 0 Å². The quantitative estimate of drug-likeness (QED) is 0.740.